The van der Waals surface area contributed by atoms with E-state index in [-0.39, 0.29) is 16.7 Å². The summed E-state index contributed by atoms with van der Waals surface area (Å²) in [6, 6.07) is 11.4. The molecule has 172 valence electrons. The summed E-state index contributed by atoms with van der Waals surface area (Å²) in [5.41, 5.74) is 1.30. The van der Waals surface area contributed by atoms with Crippen molar-refractivity contribution in [3.63, 3.8) is 0 Å². The molecule has 8 heteroatoms. The number of carbonyl (C=O) groups excluding carboxylic acids is 1. The van der Waals surface area contributed by atoms with Crippen LogP contribution in [0.5, 0.6) is 5.75 Å². The first-order valence-electron chi connectivity index (χ1n) is 11.3. The maximum absolute atomic E-state index is 13.0. The zero-order valence-electron chi connectivity index (χ0n) is 18.5. The first-order chi connectivity index (χ1) is 15.5. The van der Waals surface area contributed by atoms with Gasteiger partial charge in [0.15, 0.2) is 0 Å². The second-order valence-electron chi connectivity index (χ2n) is 8.69. The number of pyridine rings is 1. The summed E-state index contributed by atoms with van der Waals surface area (Å²) in [7, 11) is -1.87. The van der Waals surface area contributed by atoms with Crippen LogP contribution in [-0.4, -0.2) is 61.8 Å². The monoisotopic (exact) mass is 457 g/mol. The fourth-order valence-corrected chi connectivity index (χ4v) is 6.14. The van der Waals surface area contributed by atoms with Crippen molar-refractivity contribution in [1.29, 1.82) is 0 Å². The van der Waals surface area contributed by atoms with Gasteiger partial charge in [-0.2, -0.15) is 4.31 Å². The standard InChI is InChI=1S/C24H31N3O4S/c1-31-22-6-4-19(5-7-22)17-20-8-13-26(14-9-20)24(28)21-10-15-27(16-11-21)32(29,30)23-3-2-12-25-18-23/h2-7,12,18,20-21H,8-11,13-17H2,1H3. The zero-order chi connectivity index (χ0) is 22.6. The topological polar surface area (TPSA) is 79.8 Å². The molecule has 0 atom stereocenters. The van der Waals surface area contributed by atoms with Gasteiger partial charge in [-0.25, -0.2) is 8.42 Å². The Hall–Kier alpha value is -2.45. The normalized spacial score (nSPS) is 19.1. The Morgan fingerprint density at radius 2 is 1.72 bits per heavy atom. The number of ether oxygens (including phenoxy) is 1. The van der Waals surface area contributed by atoms with Crippen LogP contribution in [0, 0.1) is 11.8 Å². The van der Waals surface area contributed by atoms with Gasteiger partial charge in [-0.1, -0.05) is 12.1 Å². The minimum atomic E-state index is -3.54. The molecular formula is C24H31N3O4S. The Morgan fingerprint density at radius 3 is 2.31 bits per heavy atom. The summed E-state index contributed by atoms with van der Waals surface area (Å²) < 4.78 is 32.2. The van der Waals surface area contributed by atoms with Gasteiger partial charge in [0, 0.05) is 44.5 Å². The predicted molar refractivity (Wildman–Crippen MR) is 122 cm³/mol. The van der Waals surface area contributed by atoms with Crippen molar-refractivity contribution in [2.75, 3.05) is 33.3 Å². The average Bonchev–Trinajstić information content (AvgIpc) is 2.85. The van der Waals surface area contributed by atoms with E-state index in [2.05, 4.69) is 17.1 Å². The molecule has 3 heterocycles. The van der Waals surface area contributed by atoms with E-state index in [0.717, 1.165) is 38.1 Å². The lowest BCUT2D eigenvalue weighted by atomic mass is 9.89. The Morgan fingerprint density at radius 1 is 1.03 bits per heavy atom. The van der Waals surface area contributed by atoms with Gasteiger partial charge in [-0.15, -0.1) is 0 Å². The van der Waals surface area contributed by atoms with Gasteiger partial charge in [0.25, 0.3) is 0 Å². The van der Waals surface area contributed by atoms with E-state index in [1.165, 1.54) is 16.1 Å². The van der Waals surface area contributed by atoms with Crippen LogP contribution in [0.15, 0.2) is 53.7 Å². The second-order valence-corrected chi connectivity index (χ2v) is 10.6. The number of carbonyl (C=O) groups is 1. The van der Waals surface area contributed by atoms with Gasteiger partial charge in [-0.05, 0) is 67.9 Å². The van der Waals surface area contributed by atoms with E-state index < -0.39 is 10.0 Å². The molecule has 1 aromatic carbocycles. The maximum atomic E-state index is 13.0. The minimum absolute atomic E-state index is 0.0894. The van der Waals surface area contributed by atoms with Crippen LogP contribution in [0.25, 0.3) is 0 Å². The van der Waals surface area contributed by atoms with E-state index in [4.69, 9.17) is 4.74 Å². The van der Waals surface area contributed by atoms with Crippen molar-refractivity contribution in [3.05, 3.63) is 54.4 Å². The third-order valence-electron chi connectivity index (χ3n) is 6.68. The lowest BCUT2D eigenvalue weighted by Gasteiger charge is -2.37. The van der Waals surface area contributed by atoms with Gasteiger partial charge in [0.2, 0.25) is 15.9 Å². The third kappa shape index (κ3) is 5.13. The number of sulfonamides is 1. The minimum Gasteiger partial charge on any atom is -0.497 e. The molecule has 7 nitrogen and oxygen atoms in total. The predicted octanol–water partition coefficient (Wildman–Crippen LogP) is 2.97. The van der Waals surface area contributed by atoms with Crippen molar-refractivity contribution in [1.82, 2.24) is 14.2 Å². The highest BCUT2D eigenvalue weighted by atomic mass is 32.2. The number of piperidine rings is 2. The molecule has 2 aliphatic rings. The highest BCUT2D eigenvalue weighted by molar-refractivity contribution is 7.89. The number of amides is 1. The molecule has 0 spiro atoms. The Bertz CT molecular complexity index is 995. The number of hydrogen-bond donors (Lipinski definition) is 0. The van der Waals surface area contributed by atoms with Gasteiger partial charge in [0.05, 0.1) is 7.11 Å². The van der Waals surface area contributed by atoms with Crippen LogP contribution >= 0.6 is 0 Å². The number of nitrogens with zero attached hydrogens (tertiary/aromatic N) is 3. The zero-order valence-corrected chi connectivity index (χ0v) is 19.3. The largest absolute Gasteiger partial charge is 0.497 e. The molecule has 2 aliphatic heterocycles. The van der Waals surface area contributed by atoms with E-state index >= 15 is 0 Å². The van der Waals surface area contributed by atoms with E-state index in [1.54, 1.807) is 25.4 Å². The number of aromatic nitrogens is 1. The number of benzene rings is 1. The van der Waals surface area contributed by atoms with Crippen molar-refractivity contribution in [2.45, 2.75) is 37.0 Å². The quantitative estimate of drug-likeness (QED) is 0.666. The van der Waals surface area contributed by atoms with Gasteiger partial charge < -0.3 is 9.64 Å². The Labute approximate surface area is 190 Å². The highest BCUT2D eigenvalue weighted by Gasteiger charge is 2.34. The lowest BCUT2D eigenvalue weighted by molar-refractivity contribution is -0.138. The van der Waals surface area contributed by atoms with E-state index in [9.17, 15) is 13.2 Å². The number of rotatable bonds is 6. The van der Waals surface area contributed by atoms with Crippen LogP contribution in [0.4, 0.5) is 0 Å². The average molecular weight is 458 g/mol. The van der Waals surface area contributed by atoms with Gasteiger partial charge in [0.1, 0.15) is 10.6 Å². The lowest BCUT2D eigenvalue weighted by Crippen LogP contribution is -2.46. The summed E-state index contributed by atoms with van der Waals surface area (Å²) >= 11 is 0. The first kappa shape index (κ1) is 22.7. The Kier molecular flexibility index (Phi) is 7.10. The molecule has 0 unspecified atom stereocenters. The van der Waals surface area contributed by atoms with Gasteiger partial charge >= 0.3 is 0 Å². The summed E-state index contributed by atoms with van der Waals surface area (Å²) in [5.74, 6) is 1.55. The van der Waals surface area contributed by atoms with Crippen LogP contribution < -0.4 is 4.74 Å². The molecule has 2 fully saturated rings. The van der Waals surface area contributed by atoms with Crippen molar-refractivity contribution in [2.24, 2.45) is 11.8 Å². The molecule has 0 N–H and O–H groups in total. The summed E-state index contributed by atoms with van der Waals surface area (Å²) in [5, 5.41) is 0. The van der Waals surface area contributed by atoms with Crippen molar-refractivity contribution < 1.29 is 17.9 Å². The van der Waals surface area contributed by atoms with Crippen LogP contribution in [0.3, 0.4) is 0 Å². The molecule has 0 bridgehead atoms. The SMILES string of the molecule is COc1ccc(CC2CCN(C(=O)C3CCN(S(=O)(=O)c4cccnc4)CC3)CC2)cc1. The number of hydrogen-bond acceptors (Lipinski definition) is 5. The molecule has 4 rings (SSSR count). The fourth-order valence-electron chi connectivity index (χ4n) is 4.70. The second kappa shape index (κ2) is 10.0. The molecule has 32 heavy (non-hydrogen) atoms. The molecule has 0 aliphatic carbocycles. The molecule has 0 saturated carbocycles. The van der Waals surface area contributed by atoms with Crippen molar-refractivity contribution >= 4 is 15.9 Å². The highest BCUT2D eigenvalue weighted by Crippen LogP contribution is 2.28. The smallest absolute Gasteiger partial charge is 0.244 e. The van der Waals surface area contributed by atoms with Crippen molar-refractivity contribution in [3.8, 4) is 5.75 Å². The van der Waals surface area contributed by atoms with Crippen LogP contribution in [-0.2, 0) is 21.2 Å². The molecule has 1 aromatic heterocycles. The fraction of sp³-hybridized carbons (Fsp3) is 0.500. The number of methoxy groups -OCH3 is 1. The summed E-state index contributed by atoms with van der Waals surface area (Å²) in [6.07, 6.45) is 7.12. The first-order valence-corrected chi connectivity index (χ1v) is 12.7. The molecule has 0 radical (unpaired) electrons. The van der Waals surface area contributed by atoms with Crippen LogP contribution in [0.1, 0.15) is 31.2 Å². The van der Waals surface area contributed by atoms with E-state index in [1.807, 2.05) is 17.0 Å². The summed E-state index contributed by atoms with van der Waals surface area (Å²) in [4.78, 5) is 19.2. The molecular weight excluding hydrogens is 426 g/mol. The van der Waals surface area contributed by atoms with Gasteiger partial charge in [-0.3, -0.25) is 9.78 Å². The molecule has 2 saturated heterocycles. The Balaban J connectivity index is 1.25. The maximum Gasteiger partial charge on any atom is 0.244 e. The third-order valence-corrected chi connectivity index (χ3v) is 8.57. The molecule has 2 aromatic rings. The van der Waals surface area contributed by atoms with E-state index in [0.29, 0.717) is 31.8 Å². The number of likely N-dealkylation sites (tertiary alicyclic amines) is 1. The molecule has 1 amide bonds. The van der Waals surface area contributed by atoms with Crippen LogP contribution in [0.2, 0.25) is 0 Å². The summed E-state index contributed by atoms with van der Waals surface area (Å²) in [6.45, 7) is 2.32.